The molecule has 6 aliphatic heterocycles. The highest BCUT2D eigenvalue weighted by atomic mass is 19.4. The lowest BCUT2D eigenvalue weighted by Gasteiger charge is -2.33. The molecule has 6 heterocycles. The van der Waals surface area contributed by atoms with Gasteiger partial charge in [0.05, 0.1) is 53.3 Å². The maximum Gasteiger partial charge on any atom is 0.416 e. The van der Waals surface area contributed by atoms with Crippen molar-refractivity contribution in [1.29, 1.82) is 0 Å². The number of nitrogens with zero attached hydrogens (tertiary/aromatic N) is 9. The van der Waals surface area contributed by atoms with Crippen molar-refractivity contribution in [2.75, 3.05) is 54.0 Å². The van der Waals surface area contributed by atoms with E-state index in [2.05, 4.69) is 55.4 Å². The molecule has 0 saturated heterocycles. The molecule has 0 fully saturated rings. The van der Waals surface area contributed by atoms with Gasteiger partial charge in [-0.2, -0.15) is 53.2 Å². The zero-order valence-corrected chi connectivity index (χ0v) is 84.6. The second-order valence-electron chi connectivity index (χ2n) is 43.9. The number of carbonyl (C=O) groups excluding carboxylic acids is 3. The summed E-state index contributed by atoms with van der Waals surface area (Å²) in [6, 6.07) is 26.4. The Morgan fingerprint density at radius 3 is 1.03 bits per heavy atom. The Balaban J connectivity index is 0.000000178. The molecule has 0 atom stereocenters. The number of anilines is 3. The number of halogens is 9. The zero-order valence-electron chi connectivity index (χ0n) is 84.6. The number of alkyl halides is 9. The third-order valence-corrected chi connectivity index (χ3v) is 29.0. The first-order valence-electron chi connectivity index (χ1n) is 48.3. The number of hydrogen-bond acceptors (Lipinski definition) is 15. The van der Waals surface area contributed by atoms with Crippen LogP contribution in [0.3, 0.4) is 0 Å². The Bertz CT molecular complexity index is 6620. The number of benzene rings is 6. The van der Waals surface area contributed by atoms with Crippen LogP contribution in [-0.2, 0) is 65.4 Å². The molecule has 6 aromatic rings. The number of ketones is 3. The standard InChI is InChI=1S/3C37H42F3N3O4/c1-21(2)13-15-41-29-11-9-23(37(38,39)40)17-27(29)35(5,6)31(41)19-25-33(44)26(34(25)45)20-32-36(7,8)28-18-24(43(46)47)10-12-30(28)42(32)16-14-22(3)4;1-21(2)15-17-41-26-12-9-11-25(37(38,39)40)31(26)35(5,6)29(41)19-23-33(44)24(34(23)45)20-30-36(7,8)32-27(42(30)18-16-22(3)4)13-10-14-28(32)43(46)47;1-21(2)14-16-41-28-13-12-23(43(46)47)18-27(28)35(5,6)30(41)19-24-33(44)25(34(24)45)20-31-36(7,8)32-26(37(38,39)40)10-9-11-29(32)42(31)17-15-22(3)4/h9-12,17-22H,13-16H2,1-8H3;9-14,19-22H,15-18H2,1-8H3;9-13,18-22H,14-17H2,1-8H3. The number of allylic oxidation sites excluding steroid dienone is 15. The van der Waals surface area contributed by atoms with Crippen molar-refractivity contribution in [2.45, 2.75) is 256 Å². The monoisotopic (exact) mass is 1950 g/mol. The van der Waals surface area contributed by atoms with Crippen LogP contribution in [-0.4, -0.2) is 102 Å². The second kappa shape index (κ2) is 38.3. The second-order valence-corrected chi connectivity index (χ2v) is 43.9. The maximum absolute atomic E-state index is 14.2. The van der Waals surface area contributed by atoms with E-state index in [1.807, 2.05) is 118 Å². The third kappa shape index (κ3) is 19.5. The zero-order chi connectivity index (χ0) is 104. The van der Waals surface area contributed by atoms with Gasteiger partial charge in [0.2, 0.25) is 17.1 Å². The molecule has 9 aliphatic rings. The van der Waals surface area contributed by atoms with Crippen LogP contribution in [0.4, 0.5) is 90.7 Å². The minimum Gasteiger partial charge on any atom is -0.871 e. The van der Waals surface area contributed by atoms with Gasteiger partial charge in [0.1, 0.15) is 25.2 Å². The minimum atomic E-state index is -4.58. The number of fused-ring (bicyclic) bond motifs is 6. The van der Waals surface area contributed by atoms with Crippen LogP contribution < -0.4 is 30.0 Å². The average molecular weight is 1950 g/mol. The van der Waals surface area contributed by atoms with Crippen molar-refractivity contribution in [3.05, 3.63) is 294 Å². The lowest BCUT2D eigenvalue weighted by atomic mass is 9.76. The lowest BCUT2D eigenvalue weighted by Crippen LogP contribution is -2.35. The summed E-state index contributed by atoms with van der Waals surface area (Å²) >= 11 is 0. The van der Waals surface area contributed by atoms with E-state index in [0.717, 1.165) is 66.4 Å². The molecule has 0 saturated carbocycles. The van der Waals surface area contributed by atoms with E-state index in [9.17, 15) is 99.6 Å². The minimum absolute atomic E-state index is 0.00370. The summed E-state index contributed by atoms with van der Waals surface area (Å²) in [6.45, 7) is 49.7. The van der Waals surface area contributed by atoms with Crippen molar-refractivity contribution >= 4 is 85.7 Å². The van der Waals surface area contributed by atoms with Crippen LogP contribution in [0.15, 0.2) is 213 Å². The predicted molar refractivity (Wildman–Crippen MR) is 525 cm³/mol. The molecular weight excluding hydrogens is 1820 g/mol. The Morgan fingerprint density at radius 1 is 0.340 bits per heavy atom. The Labute approximate surface area is 818 Å². The molecule has 750 valence electrons. The predicted octanol–water partition coefficient (Wildman–Crippen LogP) is 23.7. The van der Waals surface area contributed by atoms with Crippen molar-refractivity contribution in [3.63, 3.8) is 0 Å². The molecule has 0 unspecified atom stereocenters. The molecule has 3 aliphatic carbocycles. The van der Waals surface area contributed by atoms with E-state index >= 15 is 0 Å². The molecule has 0 radical (unpaired) electrons. The SMILES string of the molecule is CC(C)CCN1/C(=C\C2=C([O-])C(=CC3=[N+](CCC(C)C)c4cccc([N+](=O)[O-])c4C3(C)C)C2=O)C(C)(C)c2c1cccc2C(F)(F)F.CC(C)CCN1C(=CC2=C([O-])C(=CC3=[N+](CCC(C)C)c4ccc(C(F)(F)F)cc4C3(C)C)C2=O)C(C)(C)c2cc([N+](=O)[O-])ccc21.CC(C)CCN1C(=CC2=C([O-])C(=CC3=[N+](CCC(C)C)c4cccc(C(F)(F)F)c4C3(C)C)C2=O)C(C)(C)c2cc([N+](=O)[O-])ccc21. The van der Waals surface area contributed by atoms with Gasteiger partial charge in [-0.1, -0.05) is 154 Å². The highest BCUT2D eigenvalue weighted by molar-refractivity contribution is 6.26. The largest absolute Gasteiger partial charge is 0.871 e. The fraction of sp³-hybridized carbons (Fsp3) is 0.459. The summed E-state index contributed by atoms with van der Waals surface area (Å²) in [4.78, 5) is 81.0. The number of hydrogen-bond donors (Lipinski definition) is 0. The third-order valence-electron chi connectivity index (χ3n) is 29.0. The fourth-order valence-corrected chi connectivity index (χ4v) is 20.9. The van der Waals surface area contributed by atoms with Crippen LogP contribution in [0.5, 0.6) is 0 Å². The van der Waals surface area contributed by atoms with E-state index < -0.39 is 117 Å². The molecule has 0 aromatic heterocycles. The van der Waals surface area contributed by atoms with E-state index in [1.54, 1.807) is 94.5 Å². The van der Waals surface area contributed by atoms with Gasteiger partial charge in [0.15, 0.2) is 34.5 Å². The van der Waals surface area contributed by atoms with Crippen molar-refractivity contribution in [1.82, 2.24) is 0 Å². The number of nitro groups is 3. The van der Waals surface area contributed by atoms with Crippen LogP contribution >= 0.6 is 0 Å². The molecule has 30 heteroatoms. The highest BCUT2D eigenvalue weighted by Gasteiger charge is 2.56. The van der Waals surface area contributed by atoms with Crippen molar-refractivity contribution in [3.8, 4) is 0 Å². The normalized spacial score (nSPS) is 20.2. The first kappa shape index (κ1) is 106. The molecule has 141 heavy (non-hydrogen) atoms. The first-order chi connectivity index (χ1) is 65.3. The molecular formula is C111H126F9N9O12. The molecule has 0 N–H and O–H groups in total. The number of non-ortho nitro benzene ring substituents is 2. The number of nitro benzene ring substituents is 3. The summed E-state index contributed by atoms with van der Waals surface area (Å²) < 4.78 is 132. The Morgan fingerprint density at radius 2 is 0.674 bits per heavy atom. The molecule has 21 nitrogen and oxygen atoms in total. The Kier molecular flexibility index (Phi) is 28.7. The summed E-state index contributed by atoms with van der Waals surface area (Å²) in [6.07, 6.45) is 0.217. The smallest absolute Gasteiger partial charge is 0.416 e. The van der Waals surface area contributed by atoms with Gasteiger partial charge in [-0.3, -0.25) is 44.7 Å². The van der Waals surface area contributed by atoms with Crippen LogP contribution in [0.25, 0.3) is 0 Å². The molecule has 0 spiro atoms. The summed E-state index contributed by atoms with van der Waals surface area (Å²) in [5, 5.41) is 76.4. The Hall–Kier alpha value is -12.6. The van der Waals surface area contributed by atoms with Crippen molar-refractivity contribution in [2.24, 2.45) is 35.5 Å². The summed E-state index contributed by atoms with van der Waals surface area (Å²) in [5.74, 6) is -0.837. The number of rotatable bonds is 27. The van der Waals surface area contributed by atoms with Gasteiger partial charge in [-0.05, 0) is 180 Å². The van der Waals surface area contributed by atoms with Crippen molar-refractivity contribution < 1.29 is 97.7 Å². The maximum atomic E-state index is 14.2. The average Bonchev–Trinajstić information content (AvgIpc) is 1.57. The van der Waals surface area contributed by atoms with Crippen LogP contribution in [0.1, 0.15) is 255 Å². The van der Waals surface area contributed by atoms with Gasteiger partial charge < -0.3 is 30.0 Å². The van der Waals surface area contributed by atoms with Gasteiger partial charge >= 0.3 is 18.5 Å². The van der Waals surface area contributed by atoms with E-state index in [1.165, 1.54) is 54.6 Å². The molecule has 15 rings (SSSR count). The molecule has 6 aromatic carbocycles. The lowest BCUT2D eigenvalue weighted by molar-refractivity contribution is -0.440. The summed E-state index contributed by atoms with van der Waals surface area (Å²) in [7, 11) is 0. The number of Topliss-reactive ketones (excluding diaryl/α,β-unsaturated/α-hetero) is 3. The van der Waals surface area contributed by atoms with E-state index in [4.69, 9.17) is 0 Å². The van der Waals surface area contributed by atoms with E-state index in [0.29, 0.717) is 144 Å². The van der Waals surface area contributed by atoms with Gasteiger partial charge in [-0.15, -0.1) is 0 Å². The molecule has 0 amide bonds. The molecule has 0 bridgehead atoms. The first-order valence-corrected chi connectivity index (χ1v) is 48.3. The fourth-order valence-electron chi connectivity index (χ4n) is 20.9. The quantitative estimate of drug-likeness (QED) is 0.0152. The van der Waals surface area contributed by atoms with Gasteiger partial charge in [-0.25, -0.2) is 0 Å². The summed E-state index contributed by atoms with van der Waals surface area (Å²) in [5.41, 5.74) is 2.16. The topological polar surface area (TPSA) is 269 Å². The van der Waals surface area contributed by atoms with Crippen LogP contribution in [0.2, 0.25) is 0 Å². The number of carbonyl (C=O) groups is 3. The van der Waals surface area contributed by atoms with Gasteiger partial charge in [0, 0.05) is 195 Å². The van der Waals surface area contributed by atoms with E-state index in [-0.39, 0.29) is 73.5 Å². The van der Waals surface area contributed by atoms with Crippen LogP contribution in [0, 0.1) is 65.9 Å². The highest BCUT2D eigenvalue weighted by Crippen LogP contribution is 2.58. The van der Waals surface area contributed by atoms with Gasteiger partial charge in [0.25, 0.3) is 17.1 Å².